The molecule has 0 aliphatic carbocycles. The summed E-state index contributed by atoms with van der Waals surface area (Å²) < 4.78 is 33.0. The maximum atomic E-state index is 12.6. The third-order valence-electron chi connectivity index (χ3n) is 4.62. The van der Waals surface area contributed by atoms with Gasteiger partial charge in [-0.25, -0.2) is 8.42 Å². The van der Waals surface area contributed by atoms with E-state index in [2.05, 4.69) is 15.4 Å². The van der Waals surface area contributed by atoms with Crippen LogP contribution in [0.1, 0.15) is 17.3 Å². The minimum Gasteiger partial charge on any atom is -0.479 e. The quantitative estimate of drug-likeness (QED) is 0.566. The van der Waals surface area contributed by atoms with Gasteiger partial charge in [0.2, 0.25) is 0 Å². The zero-order chi connectivity index (χ0) is 22.0. The molecule has 0 saturated heterocycles. The molecule has 9 heteroatoms. The molecule has 3 N–H and O–H groups in total. The van der Waals surface area contributed by atoms with Gasteiger partial charge < -0.3 is 15.4 Å². The van der Waals surface area contributed by atoms with E-state index in [1.165, 1.54) is 30.3 Å². The number of benzene rings is 3. The molecule has 31 heavy (non-hydrogen) atoms. The molecule has 1 atom stereocenters. The molecule has 1 heterocycles. The number of carbonyl (C=O) groups excluding carboxylic acids is 2. The summed E-state index contributed by atoms with van der Waals surface area (Å²) in [7, 11) is -3.75. The highest BCUT2D eigenvalue weighted by Crippen LogP contribution is 2.30. The maximum Gasteiger partial charge on any atom is 0.265 e. The normalized spacial score (nSPS) is 15.3. The van der Waals surface area contributed by atoms with Crippen molar-refractivity contribution in [3.05, 3.63) is 78.4 Å². The summed E-state index contributed by atoms with van der Waals surface area (Å²) in [6.45, 7) is 1.64. The Morgan fingerprint density at radius 2 is 1.68 bits per heavy atom. The monoisotopic (exact) mass is 437 g/mol. The Labute approximate surface area is 179 Å². The van der Waals surface area contributed by atoms with Crippen LogP contribution in [0.4, 0.5) is 17.1 Å². The van der Waals surface area contributed by atoms with Gasteiger partial charge in [0.1, 0.15) is 5.75 Å². The average molecular weight is 437 g/mol. The van der Waals surface area contributed by atoms with Gasteiger partial charge in [-0.05, 0) is 61.5 Å². The van der Waals surface area contributed by atoms with E-state index >= 15 is 0 Å². The van der Waals surface area contributed by atoms with Crippen molar-refractivity contribution in [3.63, 3.8) is 0 Å². The number of anilines is 3. The summed E-state index contributed by atoms with van der Waals surface area (Å²) in [6, 6.07) is 19.1. The predicted molar refractivity (Wildman–Crippen MR) is 117 cm³/mol. The highest BCUT2D eigenvalue weighted by molar-refractivity contribution is 7.92. The zero-order valence-corrected chi connectivity index (χ0v) is 17.3. The Morgan fingerprint density at radius 3 is 2.39 bits per heavy atom. The Morgan fingerprint density at radius 1 is 0.968 bits per heavy atom. The predicted octanol–water partition coefficient (Wildman–Crippen LogP) is 3.46. The van der Waals surface area contributed by atoms with Gasteiger partial charge in [0.05, 0.1) is 10.6 Å². The number of rotatable bonds is 5. The zero-order valence-electron chi connectivity index (χ0n) is 16.5. The number of para-hydroxylation sites is 1. The van der Waals surface area contributed by atoms with E-state index in [1.54, 1.807) is 49.4 Å². The minimum atomic E-state index is -3.75. The molecule has 0 radical (unpaired) electrons. The molecule has 1 unspecified atom stereocenters. The van der Waals surface area contributed by atoms with Gasteiger partial charge in [0, 0.05) is 16.9 Å². The minimum absolute atomic E-state index is 0.0668. The smallest absolute Gasteiger partial charge is 0.265 e. The molecule has 1 aliphatic heterocycles. The number of hydrogen-bond donors (Lipinski definition) is 3. The molecule has 0 spiro atoms. The summed E-state index contributed by atoms with van der Waals surface area (Å²) in [6.07, 6.45) is -0.599. The molecular weight excluding hydrogens is 418 g/mol. The van der Waals surface area contributed by atoms with E-state index in [-0.39, 0.29) is 10.8 Å². The molecule has 0 bridgehead atoms. The SMILES string of the molecule is CC1Oc2ccc(C(=O)Nc3ccc(S(=O)(=O)Nc4ccccc4)cc3)cc2NC1=O. The third-order valence-corrected chi connectivity index (χ3v) is 6.02. The van der Waals surface area contributed by atoms with Crippen LogP contribution in [0.2, 0.25) is 0 Å². The Kier molecular flexibility index (Phi) is 5.35. The molecule has 8 nitrogen and oxygen atoms in total. The number of sulfonamides is 1. The summed E-state index contributed by atoms with van der Waals surface area (Å²) in [5, 5.41) is 5.40. The number of ether oxygens (including phenoxy) is 1. The van der Waals surface area contributed by atoms with Crippen LogP contribution in [-0.4, -0.2) is 26.3 Å². The van der Waals surface area contributed by atoms with Gasteiger partial charge >= 0.3 is 0 Å². The summed E-state index contributed by atoms with van der Waals surface area (Å²) >= 11 is 0. The lowest BCUT2D eigenvalue weighted by atomic mass is 10.1. The summed E-state index contributed by atoms with van der Waals surface area (Å²) in [5.41, 5.74) is 1.62. The molecule has 0 saturated carbocycles. The van der Waals surface area contributed by atoms with Gasteiger partial charge in [0.15, 0.2) is 6.10 Å². The number of hydrogen-bond acceptors (Lipinski definition) is 5. The van der Waals surface area contributed by atoms with Crippen LogP contribution in [0.15, 0.2) is 77.7 Å². The molecule has 0 aromatic heterocycles. The van der Waals surface area contributed by atoms with Crippen molar-refractivity contribution in [2.45, 2.75) is 17.9 Å². The van der Waals surface area contributed by atoms with Crippen LogP contribution in [0.25, 0.3) is 0 Å². The first kappa shape index (κ1) is 20.4. The van der Waals surface area contributed by atoms with Crippen molar-refractivity contribution in [1.29, 1.82) is 0 Å². The van der Waals surface area contributed by atoms with Gasteiger partial charge in [0.25, 0.3) is 21.8 Å². The molecule has 1 aliphatic rings. The second-order valence-electron chi connectivity index (χ2n) is 6.91. The Hall–Kier alpha value is -3.85. The lowest BCUT2D eigenvalue weighted by molar-refractivity contribution is -0.122. The summed E-state index contributed by atoms with van der Waals surface area (Å²) in [4.78, 5) is 24.4. The molecule has 3 aromatic carbocycles. The standard InChI is InChI=1S/C22H19N3O5S/c1-14-21(26)24-19-13-15(7-12-20(19)30-14)22(27)23-16-8-10-18(11-9-16)31(28,29)25-17-5-3-2-4-6-17/h2-14,25H,1H3,(H,23,27)(H,24,26). The second-order valence-corrected chi connectivity index (χ2v) is 8.59. The molecule has 0 fully saturated rings. The van der Waals surface area contributed by atoms with Crippen molar-refractivity contribution >= 4 is 38.9 Å². The van der Waals surface area contributed by atoms with Crippen molar-refractivity contribution < 1.29 is 22.7 Å². The lowest BCUT2D eigenvalue weighted by Crippen LogP contribution is -2.34. The van der Waals surface area contributed by atoms with Crippen molar-refractivity contribution in [2.75, 3.05) is 15.4 Å². The molecule has 158 valence electrons. The fraction of sp³-hybridized carbons (Fsp3) is 0.0909. The number of amides is 2. The van der Waals surface area contributed by atoms with Gasteiger partial charge in [-0.15, -0.1) is 0 Å². The van der Waals surface area contributed by atoms with E-state index < -0.39 is 22.0 Å². The first-order valence-corrected chi connectivity index (χ1v) is 10.9. The lowest BCUT2D eigenvalue weighted by Gasteiger charge is -2.23. The number of nitrogens with one attached hydrogen (secondary N) is 3. The van der Waals surface area contributed by atoms with Crippen LogP contribution >= 0.6 is 0 Å². The highest BCUT2D eigenvalue weighted by Gasteiger charge is 2.24. The second kappa shape index (κ2) is 8.11. The molecule has 3 aromatic rings. The number of fused-ring (bicyclic) bond motifs is 1. The van der Waals surface area contributed by atoms with E-state index in [0.29, 0.717) is 28.4 Å². The molecular formula is C22H19N3O5S. The van der Waals surface area contributed by atoms with Crippen LogP contribution in [0.5, 0.6) is 5.75 Å². The Balaban J connectivity index is 1.46. The third kappa shape index (κ3) is 4.51. The summed E-state index contributed by atoms with van der Waals surface area (Å²) in [5.74, 6) is -0.205. The fourth-order valence-electron chi connectivity index (χ4n) is 2.99. The largest absolute Gasteiger partial charge is 0.479 e. The molecule has 4 rings (SSSR count). The first-order valence-electron chi connectivity index (χ1n) is 9.43. The van der Waals surface area contributed by atoms with Crippen molar-refractivity contribution in [2.24, 2.45) is 0 Å². The van der Waals surface area contributed by atoms with Gasteiger partial charge in [-0.3, -0.25) is 14.3 Å². The first-order chi connectivity index (χ1) is 14.8. The van der Waals surface area contributed by atoms with E-state index in [4.69, 9.17) is 4.74 Å². The Bertz CT molecular complexity index is 1240. The van der Waals surface area contributed by atoms with E-state index in [9.17, 15) is 18.0 Å². The van der Waals surface area contributed by atoms with E-state index in [0.717, 1.165) is 0 Å². The number of carbonyl (C=O) groups is 2. The van der Waals surface area contributed by atoms with Gasteiger partial charge in [-0.2, -0.15) is 0 Å². The van der Waals surface area contributed by atoms with E-state index in [1.807, 2.05) is 0 Å². The van der Waals surface area contributed by atoms with Crippen LogP contribution in [0.3, 0.4) is 0 Å². The maximum absolute atomic E-state index is 12.6. The van der Waals surface area contributed by atoms with Crippen molar-refractivity contribution in [1.82, 2.24) is 0 Å². The van der Waals surface area contributed by atoms with Crippen LogP contribution < -0.4 is 20.1 Å². The van der Waals surface area contributed by atoms with Crippen LogP contribution in [-0.2, 0) is 14.8 Å². The van der Waals surface area contributed by atoms with Gasteiger partial charge in [-0.1, -0.05) is 18.2 Å². The van der Waals surface area contributed by atoms with Crippen LogP contribution in [0, 0.1) is 0 Å². The topological polar surface area (TPSA) is 114 Å². The highest BCUT2D eigenvalue weighted by atomic mass is 32.2. The molecule has 2 amide bonds. The average Bonchev–Trinajstić information content (AvgIpc) is 2.75. The van der Waals surface area contributed by atoms with Crippen molar-refractivity contribution in [3.8, 4) is 5.75 Å². The fourth-order valence-corrected chi connectivity index (χ4v) is 4.05.